The second-order valence-electron chi connectivity index (χ2n) is 13.5. The fraction of sp³-hybridized carbons (Fsp3) is 0.514. The van der Waals surface area contributed by atoms with E-state index >= 15 is 0 Å². The Morgan fingerprint density at radius 3 is 2.61 bits per heavy atom. The van der Waals surface area contributed by atoms with Crippen LogP contribution in [0.1, 0.15) is 50.9 Å². The Morgan fingerprint density at radius 2 is 1.91 bits per heavy atom. The molecule has 5 aliphatic rings. The van der Waals surface area contributed by atoms with Crippen molar-refractivity contribution in [3.63, 3.8) is 0 Å². The van der Waals surface area contributed by atoms with Gasteiger partial charge in [0.1, 0.15) is 35.8 Å². The van der Waals surface area contributed by atoms with Crippen molar-refractivity contribution in [1.82, 2.24) is 5.32 Å². The zero-order valence-electron chi connectivity index (χ0n) is 27.1. The van der Waals surface area contributed by atoms with Crippen LogP contribution in [0.3, 0.4) is 0 Å². The number of carbonyl (C=O) groups excluding carboxylic acids is 2. The van der Waals surface area contributed by atoms with Crippen LogP contribution in [-0.4, -0.2) is 71.4 Å². The van der Waals surface area contributed by atoms with Gasteiger partial charge in [0.2, 0.25) is 0 Å². The molecule has 1 saturated carbocycles. The number of amides is 1. The third-order valence-electron chi connectivity index (χ3n) is 10.7. The number of nitrogens with one attached hydrogen (secondary N) is 1. The van der Waals surface area contributed by atoms with E-state index in [9.17, 15) is 19.8 Å². The third-order valence-corrected chi connectivity index (χ3v) is 10.7. The summed E-state index contributed by atoms with van der Waals surface area (Å²) < 4.78 is 25.3. The van der Waals surface area contributed by atoms with Crippen molar-refractivity contribution in [3.05, 3.63) is 95.5 Å². The highest BCUT2D eigenvalue weighted by molar-refractivity contribution is 5.96. The minimum absolute atomic E-state index is 0.175. The largest absolute Gasteiger partial charge is 0.489 e. The van der Waals surface area contributed by atoms with Gasteiger partial charge in [-0.1, -0.05) is 62.9 Å². The highest BCUT2D eigenvalue weighted by Gasteiger charge is 2.69. The molecule has 9 nitrogen and oxygen atoms in total. The number of hydrogen-bond acceptors (Lipinski definition) is 8. The molecule has 2 heterocycles. The molecule has 0 radical (unpaired) electrons. The smallest absolute Gasteiger partial charge is 0.334 e. The van der Waals surface area contributed by atoms with Gasteiger partial charge in [0.25, 0.3) is 5.91 Å². The average molecular weight is 632 g/mol. The number of ether oxygens (including phenoxy) is 4. The summed E-state index contributed by atoms with van der Waals surface area (Å²) in [7, 11) is 1.61. The Labute approximate surface area is 270 Å². The van der Waals surface area contributed by atoms with E-state index in [1.807, 2.05) is 26.8 Å². The normalized spacial score (nSPS) is 40.0. The molecule has 1 spiro atoms. The van der Waals surface area contributed by atoms with E-state index in [1.54, 1.807) is 50.5 Å². The zero-order valence-corrected chi connectivity index (χ0v) is 27.1. The molecule has 2 fully saturated rings. The molecule has 3 aliphatic carbocycles. The van der Waals surface area contributed by atoms with Gasteiger partial charge in [0.15, 0.2) is 0 Å². The number of carbonyl (C=O) groups is 2. The van der Waals surface area contributed by atoms with E-state index in [1.165, 1.54) is 0 Å². The van der Waals surface area contributed by atoms with E-state index in [-0.39, 0.29) is 29.6 Å². The second-order valence-corrected chi connectivity index (χ2v) is 13.5. The van der Waals surface area contributed by atoms with Gasteiger partial charge in [-0.3, -0.25) is 4.79 Å². The first-order valence-electron chi connectivity index (χ1n) is 16.2. The van der Waals surface area contributed by atoms with Crippen LogP contribution >= 0.6 is 0 Å². The molecule has 1 amide bonds. The number of methoxy groups -OCH3 is 1. The Balaban J connectivity index is 1.27. The van der Waals surface area contributed by atoms with Crippen LogP contribution < -0.4 is 5.32 Å². The monoisotopic (exact) mass is 631 g/mol. The van der Waals surface area contributed by atoms with Crippen LogP contribution in [0.4, 0.5) is 0 Å². The summed E-state index contributed by atoms with van der Waals surface area (Å²) in [5.41, 5.74) is 1.56. The van der Waals surface area contributed by atoms with E-state index in [4.69, 9.17) is 18.9 Å². The van der Waals surface area contributed by atoms with E-state index in [0.29, 0.717) is 35.4 Å². The number of aliphatic hydroxyl groups excluding tert-OH is 2. The molecule has 3 unspecified atom stereocenters. The summed E-state index contributed by atoms with van der Waals surface area (Å²) >= 11 is 0. The maximum Gasteiger partial charge on any atom is 0.334 e. The highest BCUT2D eigenvalue weighted by Crippen LogP contribution is 2.61. The molecule has 2 aliphatic heterocycles. The number of hydrogen-bond donors (Lipinski definition) is 3. The molecule has 246 valence electrons. The van der Waals surface area contributed by atoms with Gasteiger partial charge in [-0.25, -0.2) is 4.79 Å². The van der Waals surface area contributed by atoms with E-state index < -0.39 is 54.1 Å². The van der Waals surface area contributed by atoms with Crippen LogP contribution in [0.5, 0.6) is 0 Å². The number of esters is 1. The molecule has 12 atom stereocenters. The minimum Gasteiger partial charge on any atom is -0.489 e. The van der Waals surface area contributed by atoms with Crippen molar-refractivity contribution in [2.24, 2.45) is 29.6 Å². The summed E-state index contributed by atoms with van der Waals surface area (Å²) in [5.74, 6) is -1.52. The highest BCUT2D eigenvalue weighted by atomic mass is 16.6. The van der Waals surface area contributed by atoms with Crippen LogP contribution in [0.15, 0.2) is 89.9 Å². The maximum absolute atomic E-state index is 13.6. The zero-order chi connectivity index (χ0) is 32.9. The number of aliphatic hydroxyl groups is 2. The maximum atomic E-state index is 13.6. The van der Waals surface area contributed by atoms with E-state index in [0.717, 1.165) is 5.57 Å². The summed E-state index contributed by atoms with van der Waals surface area (Å²) in [6.45, 7) is 11.8. The van der Waals surface area contributed by atoms with Gasteiger partial charge in [-0.05, 0) is 50.5 Å². The molecule has 1 aromatic rings. The Hall–Kier alpha value is -3.50. The number of rotatable bonds is 6. The molecular formula is C37H45NO8. The lowest BCUT2D eigenvalue weighted by atomic mass is 9.57. The summed E-state index contributed by atoms with van der Waals surface area (Å²) in [6.07, 6.45) is 6.82. The first-order valence-corrected chi connectivity index (χ1v) is 16.2. The molecule has 46 heavy (non-hydrogen) atoms. The van der Waals surface area contributed by atoms with Crippen LogP contribution in [0.2, 0.25) is 0 Å². The van der Waals surface area contributed by atoms with Gasteiger partial charge in [0.05, 0.1) is 12.2 Å². The second kappa shape index (κ2) is 12.6. The number of benzene rings is 1. The molecule has 4 bridgehead atoms. The molecular weight excluding hydrogens is 586 g/mol. The lowest BCUT2D eigenvalue weighted by Crippen LogP contribution is -2.57. The Morgan fingerprint density at radius 1 is 1.17 bits per heavy atom. The quantitative estimate of drug-likeness (QED) is 0.312. The molecule has 3 N–H and O–H groups in total. The predicted molar refractivity (Wildman–Crippen MR) is 171 cm³/mol. The van der Waals surface area contributed by atoms with E-state index in [2.05, 4.69) is 30.1 Å². The van der Waals surface area contributed by atoms with Gasteiger partial charge < -0.3 is 34.5 Å². The molecule has 1 saturated heterocycles. The molecule has 1 aromatic carbocycles. The Bertz CT molecular complexity index is 1490. The van der Waals surface area contributed by atoms with Crippen LogP contribution in [0.25, 0.3) is 0 Å². The minimum atomic E-state index is -0.881. The van der Waals surface area contributed by atoms with Crippen molar-refractivity contribution in [3.8, 4) is 0 Å². The van der Waals surface area contributed by atoms with Crippen molar-refractivity contribution in [1.29, 1.82) is 0 Å². The molecule has 9 heteroatoms. The van der Waals surface area contributed by atoms with Crippen molar-refractivity contribution >= 4 is 11.9 Å². The topological polar surface area (TPSA) is 124 Å². The average Bonchev–Trinajstić information content (AvgIpc) is 3.58. The van der Waals surface area contributed by atoms with Crippen molar-refractivity contribution in [2.45, 2.75) is 82.8 Å². The van der Waals surface area contributed by atoms with Gasteiger partial charge in [-0.2, -0.15) is 0 Å². The van der Waals surface area contributed by atoms with Gasteiger partial charge in [0, 0.05) is 53.5 Å². The standard InChI is InChI=1S/C37H45NO8/c1-19-16-20(2)37-26(18-29(43-6)23(5)44-32(19)22(4)39)13-15-28-30(37)31(40)21(3)33(34(28)46-37)45-36(42)25-12-14-27(17-25)38-35(41)24-10-8-7-9-11-24/h7-11,13-17,19,21-22,26,28-34,39-40H,5,12,18H2,1-4,6H3,(H,38,41)/b20-16+/t19-,21-,22-,26-,28?,29+,30?,31?,32+,33-,34-,37+/m1/s1. The van der Waals surface area contributed by atoms with Crippen molar-refractivity contribution in [2.75, 3.05) is 7.11 Å². The third kappa shape index (κ3) is 5.47. The lowest BCUT2D eigenvalue weighted by molar-refractivity contribution is -0.165. The first-order chi connectivity index (χ1) is 22.0. The number of allylic oxidation sites excluding steroid dienone is 2. The lowest BCUT2D eigenvalue weighted by Gasteiger charge is -2.49. The Kier molecular flexibility index (Phi) is 8.89. The van der Waals surface area contributed by atoms with Gasteiger partial charge >= 0.3 is 5.97 Å². The first kappa shape index (κ1) is 32.4. The van der Waals surface area contributed by atoms with Crippen LogP contribution in [-0.2, 0) is 23.7 Å². The SMILES string of the molecule is C=C1O[C@H]([C@@H](C)O)[C@H](C)/C=C(\C)[C@]23O[C@@H]4C(C=C[C@@H]2C[C@@H]1OC)C3C(O)[C@@H](C)[C@H]4OC(=O)C1=CC(NC(=O)c2ccccc2)=CC1. The molecule has 0 aromatic heterocycles. The fourth-order valence-corrected chi connectivity index (χ4v) is 8.36. The van der Waals surface area contributed by atoms with Gasteiger partial charge in [-0.15, -0.1) is 0 Å². The summed E-state index contributed by atoms with van der Waals surface area (Å²) in [5, 5.41) is 25.4. The summed E-state index contributed by atoms with van der Waals surface area (Å²) in [6, 6.07) is 8.89. The predicted octanol–water partition coefficient (Wildman–Crippen LogP) is 4.39. The summed E-state index contributed by atoms with van der Waals surface area (Å²) in [4.78, 5) is 26.2. The van der Waals surface area contributed by atoms with Crippen molar-refractivity contribution < 1.29 is 38.7 Å². The van der Waals surface area contributed by atoms with Crippen LogP contribution in [0, 0.1) is 29.6 Å². The molecule has 6 rings (SSSR count). The fourth-order valence-electron chi connectivity index (χ4n) is 8.36.